The molecule has 2 rings (SSSR count). The van der Waals surface area contributed by atoms with Crippen molar-refractivity contribution < 1.29 is 13.2 Å². The van der Waals surface area contributed by atoms with Crippen molar-refractivity contribution in [2.75, 3.05) is 37.8 Å². The standard InChI is InChI=1S/C17H23N3O3S/c1-20(2)24(21,22)19-16-9-7-15(8-10-16)18-12-11-14-5-4-6-17(13-14)23-3/h4-10,13,18-19H,11-12H2,1-3H3. The summed E-state index contributed by atoms with van der Waals surface area (Å²) in [5.41, 5.74) is 2.66. The van der Waals surface area contributed by atoms with Crippen molar-refractivity contribution in [1.29, 1.82) is 0 Å². The molecule has 2 N–H and O–H groups in total. The number of benzene rings is 2. The lowest BCUT2D eigenvalue weighted by Crippen LogP contribution is -2.28. The van der Waals surface area contributed by atoms with E-state index in [4.69, 9.17) is 4.74 Å². The predicted molar refractivity (Wildman–Crippen MR) is 97.9 cm³/mol. The van der Waals surface area contributed by atoms with Gasteiger partial charge in [0.15, 0.2) is 0 Å². The van der Waals surface area contributed by atoms with E-state index in [1.807, 2.05) is 30.3 Å². The van der Waals surface area contributed by atoms with Crippen LogP contribution in [-0.2, 0) is 16.6 Å². The summed E-state index contributed by atoms with van der Waals surface area (Å²) in [6.45, 7) is 0.774. The van der Waals surface area contributed by atoms with Gasteiger partial charge in [-0.25, -0.2) is 0 Å². The molecule has 0 amide bonds. The van der Waals surface area contributed by atoms with Gasteiger partial charge in [0.2, 0.25) is 0 Å². The minimum Gasteiger partial charge on any atom is -0.497 e. The van der Waals surface area contributed by atoms with E-state index in [9.17, 15) is 8.42 Å². The third-order valence-corrected chi connectivity index (χ3v) is 4.94. The van der Waals surface area contributed by atoms with Gasteiger partial charge in [-0.15, -0.1) is 0 Å². The SMILES string of the molecule is COc1cccc(CCNc2ccc(NS(=O)(=O)N(C)C)cc2)c1. The van der Waals surface area contributed by atoms with E-state index < -0.39 is 10.2 Å². The van der Waals surface area contributed by atoms with Gasteiger partial charge in [0.25, 0.3) is 0 Å². The molecule has 130 valence electrons. The first-order valence-electron chi connectivity index (χ1n) is 7.58. The van der Waals surface area contributed by atoms with Crippen LogP contribution < -0.4 is 14.8 Å². The van der Waals surface area contributed by atoms with E-state index in [1.54, 1.807) is 19.2 Å². The largest absolute Gasteiger partial charge is 0.497 e. The minimum absolute atomic E-state index is 0.530. The molecule has 0 fully saturated rings. The average Bonchev–Trinajstić information content (AvgIpc) is 2.56. The van der Waals surface area contributed by atoms with E-state index in [0.717, 1.165) is 28.7 Å². The summed E-state index contributed by atoms with van der Waals surface area (Å²) < 4.78 is 32.3. The first kappa shape index (κ1) is 18.1. The molecule has 0 bridgehead atoms. The number of nitrogens with one attached hydrogen (secondary N) is 2. The molecule has 0 aromatic heterocycles. The van der Waals surface area contributed by atoms with Crippen molar-refractivity contribution in [3.63, 3.8) is 0 Å². The Morgan fingerprint density at radius 3 is 2.33 bits per heavy atom. The third kappa shape index (κ3) is 5.14. The average molecular weight is 349 g/mol. The van der Waals surface area contributed by atoms with E-state index in [0.29, 0.717) is 5.69 Å². The van der Waals surface area contributed by atoms with E-state index in [2.05, 4.69) is 16.1 Å². The van der Waals surface area contributed by atoms with Gasteiger partial charge in [0, 0.05) is 32.0 Å². The van der Waals surface area contributed by atoms with Gasteiger partial charge in [-0.1, -0.05) is 12.1 Å². The van der Waals surface area contributed by atoms with Gasteiger partial charge < -0.3 is 10.1 Å². The van der Waals surface area contributed by atoms with E-state index in [1.165, 1.54) is 19.7 Å². The maximum Gasteiger partial charge on any atom is 0.301 e. The zero-order valence-electron chi connectivity index (χ0n) is 14.1. The summed E-state index contributed by atoms with van der Waals surface area (Å²) in [6.07, 6.45) is 0.867. The zero-order valence-corrected chi connectivity index (χ0v) is 14.9. The van der Waals surface area contributed by atoms with Gasteiger partial charge in [-0.05, 0) is 48.4 Å². The van der Waals surface area contributed by atoms with Crippen molar-refractivity contribution in [3.8, 4) is 5.75 Å². The number of methoxy groups -OCH3 is 1. The topological polar surface area (TPSA) is 70.7 Å². The Kier molecular flexibility index (Phi) is 6.05. The number of ether oxygens (including phenoxy) is 1. The van der Waals surface area contributed by atoms with Gasteiger partial charge in [0.1, 0.15) is 5.75 Å². The Hall–Kier alpha value is -2.25. The monoisotopic (exact) mass is 349 g/mol. The lowest BCUT2D eigenvalue weighted by atomic mass is 10.1. The Morgan fingerprint density at radius 2 is 1.71 bits per heavy atom. The highest BCUT2D eigenvalue weighted by molar-refractivity contribution is 7.90. The van der Waals surface area contributed by atoms with Crippen LogP contribution >= 0.6 is 0 Å². The highest BCUT2D eigenvalue weighted by Crippen LogP contribution is 2.16. The van der Waals surface area contributed by atoms with Crippen LogP contribution in [0.15, 0.2) is 48.5 Å². The number of anilines is 2. The van der Waals surface area contributed by atoms with Gasteiger partial charge >= 0.3 is 10.2 Å². The molecule has 6 nitrogen and oxygen atoms in total. The van der Waals surface area contributed by atoms with Crippen LogP contribution in [0.1, 0.15) is 5.56 Å². The lowest BCUT2D eigenvalue weighted by molar-refractivity contribution is 0.414. The Labute approximate surface area is 143 Å². The number of rotatable bonds is 8. The first-order valence-corrected chi connectivity index (χ1v) is 9.02. The van der Waals surface area contributed by atoms with Crippen LogP contribution in [0.2, 0.25) is 0 Å². The van der Waals surface area contributed by atoms with Crippen LogP contribution in [-0.4, -0.2) is 40.5 Å². The highest BCUT2D eigenvalue weighted by Gasteiger charge is 2.12. The second kappa shape index (κ2) is 8.03. The van der Waals surface area contributed by atoms with E-state index in [-0.39, 0.29) is 0 Å². The summed E-state index contributed by atoms with van der Waals surface area (Å²) in [4.78, 5) is 0. The van der Waals surface area contributed by atoms with Crippen molar-refractivity contribution in [1.82, 2.24) is 4.31 Å². The Morgan fingerprint density at radius 1 is 1.04 bits per heavy atom. The molecule has 24 heavy (non-hydrogen) atoms. The molecule has 0 saturated heterocycles. The normalized spacial score (nSPS) is 11.3. The molecule has 0 aliphatic heterocycles. The van der Waals surface area contributed by atoms with Crippen LogP contribution in [0.3, 0.4) is 0 Å². The second-order valence-electron chi connectivity index (χ2n) is 5.50. The molecule has 0 aliphatic rings. The Balaban J connectivity index is 1.88. The number of hydrogen-bond acceptors (Lipinski definition) is 4. The molecule has 0 spiro atoms. The highest BCUT2D eigenvalue weighted by atomic mass is 32.2. The van der Waals surface area contributed by atoms with Crippen LogP contribution in [0.25, 0.3) is 0 Å². The molecule has 0 saturated carbocycles. The minimum atomic E-state index is -3.47. The summed E-state index contributed by atoms with van der Waals surface area (Å²) in [6, 6.07) is 15.1. The molecule has 0 radical (unpaired) electrons. The Bertz CT molecular complexity index is 759. The summed E-state index contributed by atoms with van der Waals surface area (Å²) in [5, 5.41) is 3.31. The molecule has 2 aromatic carbocycles. The first-order chi connectivity index (χ1) is 11.4. The maximum absolute atomic E-state index is 11.8. The number of hydrogen-bond donors (Lipinski definition) is 2. The van der Waals surface area contributed by atoms with Crippen molar-refractivity contribution in [3.05, 3.63) is 54.1 Å². The molecular formula is C17H23N3O3S. The van der Waals surface area contributed by atoms with Crippen molar-refractivity contribution >= 4 is 21.6 Å². The summed E-state index contributed by atoms with van der Waals surface area (Å²) >= 11 is 0. The predicted octanol–water partition coefficient (Wildman–Crippen LogP) is 2.57. The third-order valence-electron chi connectivity index (χ3n) is 3.49. The lowest BCUT2D eigenvalue weighted by Gasteiger charge is -2.14. The molecule has 0 aliphatic carbocycles. The zero-order chi connectivity index (χ0) is 17.6. The molecule has 0 unspecified atom stereocenters. The van der Waals surface area contributed by atoms with Gasteiger partial charge in [-0.3, -0.25) is 4.72 Å². The second-order valence-corrected chi connectivity index (χ2v) is 7.38. The fraction of sp³-hybridized carbons (Fsp3) is 0.294. The number of nitrogens with zero attached hydrogens (tertiary/aromatic N) is 1. The quantitative estimate of drug-likeness (QED) is 0.768. The molecule has 7 heteroatoms. The molecule has 0 heterocycles. The van der Waals surface area contributed by atoms with Crippen LogP contribution in [0.5, 0.6) is 5.75 Å². The fourth-order valence-electron chi connectivity index (χ4n) is 2.08. The van der Waals surface area contributed by atoms with Crippen molar-refractivity contribution in [2.45, 2.75) is 6.42 Å². The maximum atomic E-state index is 11.8. The van der Waals surface area contributed by atoms with Gasteiger partial charge in [0.05, 0.1) is 7.11 Å². The van der Waals surface area contributed by atoms with Crippen LogP contribution in [0, 0.1) is 0 Å². The smallest absolute Gasteiger partial charge is 0.301 e. The fourth-order valence-corrected chi connectivity index (χ4v) is 2.69. The van der Waals surface area contributed by atoms with Gasteiger partial charge in [-0.2, -0.15) is 12.7 Å². The molecule has 2 aromatic rings. The van der Waals surface area contributed by atoms with Crippen LogP contribution in [0.4, 0.5) is 11.4 Å². The van der Waals surface area contributed by atoms with Crippen molar-refractivity contribution in [2.24, 2.45) is 0 Å². The summed E-state index contributed by atoms with van der Waals surface area (Å²) in [5.74, 6) is 0.852. The summed E-state index contributed by atoms with van der Waals surface area (Å²) in [7, 11) is 1.15. The van der Waals surface area contributed by atoms with E-state index >= 15 is 0 Å². The molecular weight excluding hydrogens is 326 g/mol. The molecule has 0 atom stereocenters.